The summed E-state index contributed by atoms with van der Waals surface area (Å²) in [6, 6.07) is 13.9. The van der Waals surface area contributed by atoms with Crippen LogP contribution in [0.3, 0.4) is 0 Å². The Labute approximate surface area is 222 Å². The minimum Gasteiger partial charge on any atom is -0.376 e. The number of halogens is 3. The Kier molecular flexibility index (Phi) is 7.67. The van der Waals surface area contributed by atoms with Crippen molar-refractivity contribution in [2.75, 3.05) is 13.2 Å². The van der Waals surface area contributed by atoms with E-state index in [-0.39, 0.29) is 11.9 Å². The fourth-order valence-electron chi connectivity index (χ4n) is 4.00. The molecule has 1 unspecified atom stereocenters. The van der Waals surface area contributed by atoms with E-state index >= 15 is 0 Å². The molecule has 0 amide bonds. The molecule has 1 aliphatic heterocycles. The molecule has 10 heteroatoms. The lowest BCUT2D eigenvalue weighted by atomic mass is 10.2. The van der Waals surface area contributed by atoms with Crippen LogP contribution in [0.5, 0.6) is 0 Å². The lowest BCUT2D eigenvalue weighted by molar-refractivity contribution is 0.117. The Balaban J connectivity index is 1.48. The van der Waals surface area contributed by atoms with Gasteiger partial charge in [-0.1, -0.05) is 47.5 Å². The van der Waals surface area contributed by atoms with Gasteiger partial charge in [-0.2, -0.15) is 10.2 Å². The average molecular weight is 544 g/mol. The molecule has 0 saturated carbocycles. The fraction of sp³-hybridized carbons (Fsp3) is 0.269. The quantitative estimate of drug-likeness (QED) is 0.261. The predicted molar refractivity (Wildman–Crippen MR) is 143 cm³/mol. The molecule has 0 spiro atoms. The molecule has 0 aliphatic carbocycles. The van der Waals surface area contributed by atoms with E-state index in [9.17, 15) is 4.39 Å². The van der Waals surface area contributed by atoms with Gasteiger partial charge in [-0.15, -0.1) is 11.3 Å². The molecular weight excluding hydrogens is 520 g/mol. The van der Waals surface area contributed by atoms with Crippen molar-refractivity contribution in [1.82, 2.24) is 14.5 Å². The molecule has 6 nitrogen and oxygen atoms in total. The van der Waals surface area contributed by atoms with Gasteiger partial charge in [-0.05, 0) is 49.6 Å². The van der Waals surface area contributed by atoms with Crippen LogP contribution in [0.25, 0.3) is 11.3 Å². The van der Waals surface area contributed by atoms with Gasteiger partial charge in [-0.25, -0.2) is 13.7 Å². The largest absolute Gasteiger partial charge is 0.376 e. The summed E-state index contributed by atoms with van der Waals surface area (Å²) >= 11 is 14.3. The number of aryl methyl sites for hydroxylation is 1. The standard InChI is InChI=1S/C26H24Cl2FN5OS/c1-17-23(25(28)33(32-17)15-18-4-10-21(29)11-5-18)14-31-34-24(19-6-8-20(27)9-7-19)16-36-26(34)30-13-22-3-2-12-35-22/h4-11,14,16,22H,2-3,12-13,15H2,1H3. The van der Waals surface area contributed by atoms with E-state index in [1.807, 2.05) is 41.2 Å². The molecule has 186 valence electrons. The third-order valence-electron chi connectivity index (χ3n) is 5.94. The van der Waals surface area contributed by atoms with Gasteiger partial charge >= 0.3 is 0 Å². The molecule has 2 aromatic heterocycles. The van der Waals surface area contributed by atoms with Gasteiger partial charge in [0.05, 0.1) is 42.4 Å². The number of ether oxygens (including phenoxy) is 1. The van der Waals surface area contributed by atoms with Crippen LogP contribution in [-0.2, 0) is 11.3 Å². The highest BCUT2D eigenvalue weighted by Crippen LogP contribution is 2.24. The summed E-state index contributed by atoms with van der Waals surface area (Å²) in [5, 5.41) is 12.5. The first-order valence-electron chi connectivity index (χ1n) is 11.6. The van der Waals surface area contributed by atoms with Crippen molar-refractivity contribution in [3.05, 3.63) is 91.5 Å². The van der Waals surface area contributed by atoms with Crippen molar-refractivity contribution in [2.45, 2.75) is 32.4 Å². The summed E-state index contributed by atoms with van der Waals surface area (Å²) in [5.41, 5.74) is 4.22. The van der Waals surface area contributed by atoms with Crippen LogP contribution in [0.15, 0.2) is 64.0 Å². The highest BCUT2D eigenvalue weighted by molar-refractivity contribution is 7.07. The molecule has 1 aliphatic rings. The Morgan fingerprint density at radius 3 is 2.67 bits per heavy atom. The maximum Gasteiger partial charge on any atom is 0.206 e. The van der Waals surface area contributed by atoms with Crippen LogP contribution in [0, 0.1) is 12.7 Å². The maximum atomic E-state index is 13.3. The van der Waals surface area contributed by atoms with Crippen molar-refractivity contribution in [1.29, 1.82) is 0 Å². The van der Waals surface area contributed by atoms with Gasteiger partial charge in [0.1, 0.15) is 11.0 Å². The molecule has 1 saturated heterocycles. The molecular formula is C26H24Cl2FN5OS. The van der Waals surface area contributed by atoms with E-state index < -0.39 is 0 Å². The number of aromatic nitrogens is 3. The normalized spacial score (nSPS) is 16.4. The third-order valence-corrected chi connectivity index (χ3v) is 7.44. The summed E-state index contributed by atoms with van der Waals surface area (Å²) in [5.74, 6) is -0.278. The monoisotopic (exact) mass is 543 g/mol. The van der Waals surface area contributed by atoms with Crippen molar-refractivity contribution < 1.29 is 9.13 Å². The van der Waals surface area contributed by atoms with Gasteiger partial charge in [0.2, 0.25) is 4.80 Å². The Morgan fingerprint density at radius 2 is 1.94 bits per heavy atom. The van der Waals surface area contributed by atoms with Gasteiger partial charge in [0.25, 0.3) is 0 Å². The molecule has 3 heterocycles. The van der Waals surface area contributed by atoms with Gasteiger partial charge in [-0.3, -0.25) is 4.99 Å². The second kappa shape index (κ2) is 11.1. The van der Waals surface area contributed by atoms with Crippen molar-refractivity contribution in [2.24, 2.45) is 10.1 Å². The number of hydrogen-bond acceptors (Lipinski definition) is 5. The first kappa shape index (κ1) is 24.9. The zero-order valence-corrected chi connectivity index (χ0v) is 21.9. The molecule has 4 aromatic rings. The summed E-state index contributed by atoms with van der Waals surface area (Å²) in [6.45, 7) is 3.69. The number of rotatable bonds is 7. The summed E-state index contributed by atoms with van der Waals surface area (Å²) in [6.07, 6.45) is 3.94. The highest BCUT2D eigenvalue weighted by atomic mass is 35.5. The summed E-state index contributed by atoms with van der Waals surface area (Å²) < 4.78 is 22.5. The highest BCUT2D eigenvalue weighted by Gasteiger charge is 2.16. The number of benzene rings is 2. The molecule has 1 atom stereocenters. The molecule has 5 rings (SSSR count). The molecule has 0 bridgehead atoms. The fourth-order valence-corrected chi connectivity index (χ4v) is 5.26. The third kappa shape index (κ3) is 5.62. The Morgan fingerprint density at radius 1 is 1.17 bits per heavy atom. The van der Waals surface area contributed by atoms with Crippen LogP contribution in [0.4, 0.5) is 4.39 Å². The second-order valence-corrected chi connectivity index (χ2v) is 10.1. The van der Waals surface area contributed by atoms with Crippen LogP contribution >= 0.6 is 34.5 Å². The number of thiazole rings is 1. The molecule has 0 radical (unpaired) electrons. The molecule has 1 fully saturated rings. The van der Waals surface area contributed by atoms with E-state index in [0.29, 0.717) is 28.8 Å². The van der Waals surface area contributed by atoms with Gasteiger partial charge < -0.3 is 4.74 Å². The van der Waals surface area contributed by atoms with E-state index in [4.69, 9.17) is 38.0 Å². The lowest BCUT2D eigenvalue weighted by Crippen LogP contribution is -2.17. The number of hydrogen-bond donors (Lipinski definition) is 0. The maximum absolute atomic E-state index is 13.3. The van der Waals surface area contributed by atoms with Crippen molar-refractivity contribution >= 4 is 40.8 Å². The smallest absolute Gasteiger partial charge is 0.206 e. The first-order valence-corrected chi connectivity index (χ1v) is 13.2. The minimum absolute atomic E-state index is 0.143. The van der Waals surface area contributed by atoms with Crippen molar-refractivity contribution in [3.63, 3.8) is 0 Å². The van der Waals surface area contributed by atoms with Gasteiger partial charge in [0, 0.05) is 22.6 Å². The second-order valence-electron chi connectivity index (χ2n) is 8.52. The molecule has 36 heavy (non-hydrogen) atoms. The summed E-state index contributed by atoms with van der Waals surface area (Å²) in [4.78, 5) is 5.57. The van der Waals surface area contributed by atoms with Crippen LogP contribution in [0.1, 0.15) is 29.7 Å². The van der Waals surface area contributed by atoms with Gasteiger partial charge in [0.15, 0.2) is 0 Å². The Bertz CT molecular complexity index is 1430. The molecule has 0 N–H and O–H groups in total. The average Bonchev–Trinajstić information content (AvgIpc) is 3.59. The zero-order chi connectivity index (χ0) is 25.1. The van der Waals surface area contributed by atoms with E-state index in [2.05, 4.69) is 5.10 Å². The minimum atomic E-state index is -0.278. The number of nitrogens with zero attached hydrogens (tertiary/aromatic N) is 5. The predicted octanol–water partition coefficient (Wildman–Crippen LogP) is 6.18. The van der Waals surface area contributed by atoms with Crippen LogP contribution in [0.2, 0.25) is 10.2 Å². The van der Waals surface area contributed by atoms with E-state index in [1.165, 1.54) is 23.5 Å². The summed E-state index contributed by atoms with van der Waals surface area (Å²) in [7, 11) is 0. The van der Waals surface area contributed by atoms with Crippen molar-refractivity contribution in [3.8, 4) is 11.3 Å². The zero-order valence-electron chi connectivity index (χ0n) is 19.6. The van der Waals surface area contributed by atoms with Crippen LogP contribution in [-0.4, -0.2) is 39.9 Å². The molecule has 2 aromatic carbocycles. The first-order chi connectivity index (χ1) is 17.5. The van der Waals surface area contributed by atoms with Crippen LogP contribution < -0.4 is 4.80 Å². The Hall–Kier alpha value is -2.78. The topological polar surface area (TPSA) is 56.7 Å². The SMILES string of the molecule is Cc1nn(Cc2ccc(F)cc2)c(Cl)c1C=Nn1c(-c2ccc(Cl)cc2)csc1=NCC1CCCO1. The lowest BCUT2D eigenvalue weighted by Gasteiger charge is -2.06. The van der Waals surface area contributed by atoms with E-state index in [1.54, 1.807) is 23.0 Å². The van der Waals surface area contributed by atoms with E-state index in [0.717, 1.165) is 46.8 Å².